The maximum atomic E-state index is 10.6. The second kappa shape index (κ2) is 16.3. The molecule has 2 heteroatoms. The van der Waals surface area contributed by atoms with Crippen LogP contribution in [0.3, 0.4) is 0 Å². The molecule has 0 saturated heterocycles. The Kier molecular flexibility index (Phi) is 13.1. The van der Waals surface area contributed by atoms with Crippen molar-refractivity contribution >= 4 is 5.97 Å². The topological polar surface area (TPSA) is 26.3 Å². The Hall–Kier alpha value is -4.75. The molecule has 0 aromatic rings. The van der Waals surface area contributed by atoms with E-state index in [0.29, 0.717) is 0 Å². The largest absolute Gasteiger partial charge is 0.368 e. The number of rotatable bonds is 1. The van der Waals surface area contributed by atoms with Crippen LogP contribution in [0.2, 0.25) is 0 Å². The van der Waals surface area contributed by atoms with Crippen molar-refractivity contribution in [3.63, 3.8) is 0 Å². The van der Waals surface area contributed by atoms with E-state index in [4.69, 9.17) is 0 Å². The fraction of sp³-hybridized carbons (Fsp3) is 0.0455. The van der Waals surface area contributed by atoms with Crippen molar-refractivity contribution in [3.05, 3.63) is 12.7 Å². The van der Waals surface area contributed by atoms with E-state index < -0.39 is 5.97 Å². The molecule has 0 aromatic heterocycles. The molecular formula is C22H6O2. The summed E-state index contributed by atoms with van der Waals surface area (Å²) in [5, 5.41) is 0. The predicted octanol–water partition coefficient (Wildman–Crippen LogP) is 0.724. The van der Waals surface area contributed by atoms with Crippen molar-refractivity contribution in [1.29, 1.82) is 0 Å². The minimum absolute atomic E-state index is 0.646. The highest BCUT2D eigenvalue weighted by atomic mass is 16.5. The summed E-state index contributed by atoms with van der Waals surface area (Å²) in [5.41, 5.74) is 0. The Morgan fingerprint density at radius 1 is 0.667 bits per heavy atom. The maximum absolute atomic E-state index is 10.6. The lowest BCUT2D eigenvalue weighted by Crippen LogP contribution is -1.91. The van der Waals surface area contributed by atoms with Crippen LogP contribution in [0.25, 0.3) is 0 Å². The van der Waals surface area contributed by atoms with Gasteiger partial charge in [0.25, 0.3) is 0 Å². The summed E-state index contributed by atoms with van der Waals surface area (Å²) in [7, 11) is 0. The third-order valence-corrected chi connectivity index (χ3v) is 1.43. The number of carbonyl (C=O) groups excluding carboxylic acids is 1. The van der Waals surface area contributed by atoms with Gasteiger partial charge < -0.3 is 4.74 Å². The van der Waals surface area contributed by atoms with E-state index in [0.717, 1.165) is 6.08 Å². The molecule has 0 unspecified atom stereocenters. The van der Waals surface area contributed by atoms with Gasteiger partial charge in [0, 0.05) is 53.4 Å². The highest BCUT2D eigenvalue weighted by Crippen LogP contribution is 1.73. The molecule has 2 nitrogen and oxygen atoms in total. The smallest absolute Gasteiger partial charge is 0.344 e. The van der Waals surface area contributed by atoms with Crippen LogP contribution in [-0.2, 0) is 9.53 Å². The van der Waals surface area contributed by atoms with Crippen molar-refractivity contribution in [2.45, 2.75) is 6.92 Å². The standard InChI is InChI=1S/C22H6O2/c1-3-5-6-7-8-9-10-11-12-13-14-15-16-17-18-19-20-21-24-22(23)4-2/h4H,2H2,1H3. The zero-order valence-electron chi connectivity index (χ0n) is 12.6. The van der Waals surface area contributed by atoms with E-state index in [1.165, 1.54) is 0 Å². The van der Waals surface area contributed by atoms with Gasteiger partial charge in [0.2, 0.25) is 0 Å². The second-order valence-corrected chi connectivity index (χ2v) is 2.98. The van der Waals surface area contributed by atoms with E-state index in [1.54, 1.807) is 6.92 Å². The van der Waals surface area contributed by atoms with Crippen molar-refractivity contribution < 1.29 is 9.53 Å². The first-order chi connectivity index (χ1) is 11.8. The Labute approximate surface area is 142 Å². The minimum Gasteiger partial charge on any atom is -0.368 e. The quantitative estimate of drug-likeness (QED) is 0.405. The molecule has 0 aliphatic rings. The van der Waals surface area contributed by atoms with Crippen molar-refractivity contribution in [2.75, 3.05) is 0 Å². The molecule has 0 heterocycles. The summed E-state index contributed by atoms with van der Waals surface area (Å²) < 4.78 is 4.36. The minimum atomic E-state index is -0.646. The van der Waals surface area contributed by atoms with E-state index >= 15 is 0 Å². The summed E-state index contributed by atoms with van der Waals surface area (Å²) in [6.07, 6.45) is 3.07. The van der Waals surface area contributed by atoms with Gasteiger partial charge in [-0.05, 0) is 54.3 Å². The average molecular weight is 302 g/mol. The van der Waals surface area contributed by atoms with E-state index in [1.807, 2.05) is 0 Å². The van der Waals surface area contributed by atoms with Crippen molar-refractivity contribution in [3.8, 4) is 107 Å². The van der Waals surface area contributed by atoms with Gasteiger partial charge in [-0.15, -0.1) is 0 Å². The molecule has 0 spiro atoms. The second-order valence-electron chi connectivity index (χ2n) is 2.98. The van der Waals surface area contributed by atoms with Crippen LogP contribution in [-0.4, -0.2) is 5.97 Å². The summed E-state index contributed by atoms with van der Waals surface area (Å²) in [6.45, 7) is 4.90. The normalized spacial score (nSPS) is 4.71. The molecule has 0 aliphatic heterocycles. The van der Waals surface area contributed by atoms with Crippen LogP contribution in [0, 0.1) is 107 Å². The molecule has 0 amide bonds. The summed E-state index contributed by atoms with van der Waals surface area (Å²) >= 11 is 0. The fourth-order valence-electron chi connectivity index (χ4n) is 0.643. The molecule has 0 radical (unpaired) electrons. The van der Waals surface area contributed by atoms with Gasteiger partial charge in [-0.2, -0.15) is 0 Å². The van der Waals surface area contributed by atoms with Crippen LogP contribution in [0.4, 0.5) is 0 Å². The Balaban J connectivity index is 4.34. The molecule has 0 atom stereocenters. The number of hydrogen-bond acceptors (Lipinski definition) is 2. The fourth-order valence-corrected chi connectivity index (χ4v) is 0.643. The lowest BCUT2D eigenvalue weighted by Gasteiger charge is -1.81. The Morgan fingerprint density at radius 2 is 1.00 bits per heavy atom. The molecule has 0 aromatic carbocycles. The number of ether oxygens (including phenoxy) is 1. The Morgan fingerprint density at radius 3 is 1.33 bits per heavy atom. The molecule has 0 aliphatic carbocycles. The van der Waals surface area contributed by atoms with Gasteiger partial charge in [0.15, 0.2) is 0 Å². The molecule has 24 heavy (non-hydrogen) atoms. The first-order valence-corrected chi connectivity index (χ1v) is 6.06. The lowest BCUT2D eigenvalue weighted by molar-refractivity contribution is -0.131. The molecule has 0 saturated carbocycles. The summed E-state index contributed by atoms with van der Waals surface area (Å²) in [5.74, 6) is 41.2. The van der Waals surface area contributed by atoms with Gasteiger partial charge in [0.1, 0.15) is 6.11 Å². The molecule has 0 rings (SSSR count). The van der Waals surface area contributed by atoms with Crippen molar-refractivity contribution in [1.82, 2.24) is 0 Å². The molecule has 0 N–H and O–H groups in total. The van der Waals surface area contributed by atoms with Gasteiger partial charge in [-0.25, -0.2) is 4.79 Å². The van der Waals surface area contributed by atoms with Crippen LogP contribution < -0.4 is 0 Å². The average Bonchev–Trinajstić information content (AvgIpc) is 2.60. The molecule has 0 fully saturated rings. The van der Waals surface area contributed by atoms with Gasteiger partial charge >= 0.3 is 5.97 Å². The first-order valence-electron chi connectivity index (χ1n) is 6.06. The highest BCUT2D eigenvalue weighted by Gasteiger charge is 1.86. The first kappa shape index (κ1) is 19.2. The lowest BCUT2D eigenvalue weighted by atomic mass is 10.5. The van der Waals surface area contributed by atoms with Gasteiger partial charge in [-0.1, -0.05) is 12.5 Å². The number of hydrogen-bond donors (Lipinski definition) is 0. The van der Waals surface area contributed by atoms with Crippen LogP contribution in [0.5, 0.6) is 0 Å². The predicted molar refractivity (Wildman–Crippen MR) is 91.9 cm³/mol. The van der Waals surface area contributed by atoms with E-state index in [9.17, 15) is 4.79 Å². The van der Waals surface area contributed by atoms with Gasteiger partial charge in [0.05, 0.1) is 0 Å². The van der Waals surface area contributed by atoms with E-state index in [2.05, 4.69) is 118 Å². The summed E-state index contributed by atoms with van der Waals surface area (Å²) in [4.78, 5) is 10.6. The number of carbonyl (C=O) groups is 1. The zero-order chi connectivity index (χ0) is 17.7. The Bertz CT molecular complexity index is 1060. The van der Waals surface area contributed by atoms with Crippen LogP contribution in [0.1, 0.15) is 6.92 Å². The van der Waals surface area contributed by atoms with E-state index in [-0.39, 0.29) is 0 Å². The zero-order valence-corrected chi connectivity index (χ0v) is 12.6. The van der Waals surface area contributed by atoms with Crippen molar-refractivity contribution in [2.24, 2.45) is 0 Å². The molecule has 106 valence electrons. The van der Waals surface area contributed by atoms with Crippen LogP contribution in [0.15, 0.2) is 12.7 Å². The maximum Gasteiger partial charge on any atom is 0.344 e. The number of esters is 1. The third kappa shape index (κ3) is 15.3. The van der Waals surface area contributed by atoms with Gasteiger partial charge in [-0.3, -0.25) is 0 Å². The SMILES string of the molecule is C=CC(=O)OC#CC#CC#CC#CC#CC#CC#CC#CC#CC. The summed E-state index contributed by atoms with van der Waals surface area (Å²) in [6, 6.07) is 0. The monoisotopic (exact) mass is 302 g/mol. The van der Waals surface area contributed by atoms with Crippen LogP contribution >= 0.6 is 0 Å². The molecule has 0 bridgehead atoms. The molecular weight excluding hydrogens is 296 g/mol. The highest BCUT2D eigenvalue weighted by molar-refractivity contribution is 5.82. The third-order valence-electron chi connectivity index (χ3n) is 1.43.